The van der Waals surface area contributed by atoms with E-state index in [0.29, 0.717) is 22.4 Å². The van der Waals surface area contributed by atoms with Gasteiger partial charge < -0.3 is 14.1 Å². The molecule has 1 aliphatic heterocycles. The standard InChI is InChI=1S/C20H21ClN4O2S/c1-26-18-7-5-17(6-8-18)24-11-9-23(10-12-24)14-25-20(28)27-19(22-25)15-3-2-4-16(21)13-15/h2-8,13H,9-12,14H2,1H3. The number of nitrogens with zero attached hydrogens (tertiary/aromatic N) is 4. The Labute approximate surface area is 173 Å². The Kier molecular flexibility index (Phi) is 5.66. The van der Waals surface area contributed by atoms with E-state index in [0.717, 1.165) is 37.5 Å². The molecule has 1 saturated heterocycles. The van der Waals surface area contributed by atoms with E-state index < -0.39 is 0 Å². The highest BCUT2D eigenvalue weighted by Gasteiger charge is 2.19. The molecule has 0 atom stereocenters. The van der Waals surface area contributed by atoms with E-state index >= 15 is 0 Å². The predicted octanol–water partition coefficient (Wildman–Crippen LogP) is 4.31. The van der Waals surface area contributed by atoms with Gasteiger partial charge in [0.15, 0.2) is 0 Å². The molecule has 146 valence electrons. The van der Waals surface area contributed by atoms with E-state index in [1.54, 1.807) is 11.8 Å². The zero-order valence-corrected chi connectivity index (χ0v) is 17.1. The molecule has 0 amide bonds. The van der Waals surface area contributed by atoms with Gasteiger partial charge in [0.25, 0.3) is 4.84 Å². The molecule has 3 aromatic rings. The number of ether oxygens (including phenoxy) is 1. The van der Waals surface area contributed by atoms with Gasteiger partial charge in [-0.2, -0.15) is 0 Å². The first-order valence-electron chi connectivity index (χ1n) is 9.07. The minimum absolute atomic E-state index is 0.368. The number of methoxy groups -OCH3 is 1. The Morgan fingerprint density at radius 2 is 1.86 bits per heavy atom. The second kappa shape index (κ2) is 8.34. The summed E-state index contributed by atoms with van der Waals surface area (Å²) < 4.78 is 12.6. The summed E-state index contributed by atoms with van der Waals surface area (Å²) in [5.41, 5.74) is 2.03. The van der Waals surface area contributed by atoms with Crippen molar-refractivity contribution in [2.24, 2.45) is 0 Å². The van der Waals surface area contributed by atoms with Gasteiger partial charge in [-0.25, -0.2) is 4.68 Å². The number of aromatic nitrogens is 2. The number of hydrogen-bond acceptors (Lipinski definition) is 6. The van der Waals surface area contributed by atoms with Crippen molar-refractivity contribution in [3.8, 4) is 17.2 Å². The van der Waals surface area contributed by atoms with Crippen LogP contribution >= 0.6 is 23.8 Å². The highest BCUT2D eigenvalue weighted by atomic mass is 35.5. The van der Waals surface area contributed by atoms with Crippen molar-refractivity contribution in [3.63, 3.8) is 0 Å². The van der Waals surface area contributed by atoms with Crippen molar-refractivity contribution in [1.82, 2.24) is 14.7 Å². The molecule has 2 aromatic carbocycles. The van der Waals surface area contributed by atoms with Gasteiger partial charge in [0.1, 0.15) is 5.75 Å². The largest absolute Gasteiger partial charge is 0.497 e. The van der Waals surface area contributed by atoms with E-state index in [2.05, 4.69) is 27.0 Å². The van der Waals surface area contributed by atoms with Crippen molar-refractivity contribution >= 4 is 29.5 Å². The van der Waals surface area contributed by atoms with Crippen LogP contribution in [0.2, 0.25) is 5.02 Å². The van der Waals surface area contributed by atoms with Crippen LogP contribution in [0.4, 0.5) is 5.69 Å². The van der Waals surface area contributed by atoms with Gasteiger partial charge >= 0.3 is 0 Å². The summed E-state index contributed by atoms with van der Waals surface area (Å²) in [6.07, 6.45) is 0. The van der Waals surface area contributed by atoms with E-state index in [1.165, 1.54) is 5.69 Å². The van der Waals surface area contributed by atoms with Crippen LogP contribution in [0.5, 0.6) is 5.75 Å². The number of benzene rings is 2. The third-order valence-electron chi connectivity index (χ3n) is 4.82. The fourth-order valence-corrected chi connectivity index (χ4v) is 3.63. The lowest BCUT2D eigenvalue weighted by Gasteiger charge is -2.35. The van der Waals surface area contributed by atoms with Crippen LogP contribution in [0.25, 0.3) is 11.5 Å². The molecule has 0 radical (unpaired) electrons. The van der Waals surface area contributed by atoms with Crippen LogP contribution in [-0.2, 0) is 6.67 Å². The van der Waals surface area contributed by atoms with Crippen molar-refractivity contribution in [2.45, 2.75) is 6.67 Å². The van der Waals surface area contributed by atoms with Crippen LogP contribution in [0, 0.1) is 4.84 Å². The summed E-state index contributed by atoms with van der Waals surface area (Å²) in [5.74, 6) is 1.36. The quantitative estimate of drug-likeness (QED) is 0.577. The molecule has 4 rings (SSSR count). The summed E-state index contributed by atoms with van der Waals surface area (Å²) in [6, 6.07) is 15.6. The average molecular weight is 417 g/mol. The Bertz CT molecular complexity index is 994. The Morgan fingerprint density at radius 3 is 2.54 bits per heavy atom. The smallest absolute Gasteiger partial charge is 0.288 e. The topological polar surface area (TPSA) is 46.7 Å². The maximum Gasteiger partial charge on any atom is 0.288 e. The average Bonchev–Trinajstić information content (AvgIpc) is 3.09. The maximum absolute atomic E-state index is 6.06. The normalized spacial score (nSPS) is 15.0. The number of piperazine rings is 1. The Balaban J connectivity index is 1.39. The Hall–Kier alpha value is -2.35. The molecule has 8 heteroatoms. The first-order valence-corrected chi connectivity index (χ1v) is 9.86. The van der Waals surface area contributed by atoms with Crippen LogP contribution in [0.3, 0.4) is 0 Å². The SMILES string of the molecule is COc1ccc(N2CCN(Cn3nc(-c4cccc(Cl)c4)oc3=S)CC2)cc1. The van der Waals surface area contributed by atoms with Crippen LogP contribution in [-0.4, -0.2) is 48.0 Å². The number of anilines is 1. The molecule has 0 bridgehead atoms. The molecule has 28 heavy (non-hydrogen) atoms. The molecule has 1 aliphatic rings. The molecule has 6 nitrogen and oxygen atoms in total. The number of halogens is 1. The highest BCUT2D eigenvalue weighted by Crippen LogP contribution is 2.23. The molecule has 2 heterocycles. The highest BCUT2D eigenvalue weighted by molar-refractivity contribution is 7.71. The lowest BCUT2D eigenvalue weighted by Crippen LogP contribution is -2.46. The summed E-state index contributed by atoms with van der Waals surface area (Å²) in [7, 11) is 1.68. The molecule has 0 N–H and O–H groups in total. The van der Waals surface area contributed by atoms with Gasteiger partial charge in [-0.3, -0.25) is 4.90 Å². The van der Waals surface area contributed by atoms with Gasteiger partial charge in [0.05, 0.1) is 13.8 Å². The predicted molar refractivity (Wildman–Crippen MR) is 113 cm³/mol. The van der Waals surface area contributed by atoms with Gasteiger partial charge in [0.2, 0.25) is 5.89 Å². The van der Waals surface area contributed by atoms with E-state index in [9.17, 15) is 0 Å². The molecule has 0 saturated carbocycles. The first-order chi connectivity index (χ1) is 13.6. The monoisotopic (exact) mass is 416 g/mol. The molecule has 1 fully saturated rings. The summed E-state index contributed by atoms with van der Waals surface area (Å²) >= 11 is 11.4. The minimum atomic E-state index is 0.368. The molecular formula is C20H21ClN4O2S. The number of rotatable bonds is 5. The zero-order chi connectivity index (χ0) is 19.5. The molecule has 0 aliphatic carbocycles. The summed E-state index contributed by atoms with van der Waals surface area (Å²) in [5, 5.41) is 5.17. The zero-order valence-electron chi connectivity index (χ0n) is 15.5. The van der Waals surface area contributed by atoms with Gasteiger partial charge in [-0.05, 0) is 54.7 Å². The third kappa shape index (κ3) is 4.22. The van der Waals surface area contributed by atoms with Crippen molar-refractivity contribution in [3.05, 3.63) is 58.4 Å². The first kappa shape index (κ1) is 19.0. The molecule has 0 unspecified atom stereocenters. The van der Waals surface area contributed by atoms with E-state index in [-0.39, 0.29) is 0 Å². The molecule has 0 spiro atoms. The van der Waals surface area contributed by atoms with Crippen LogP contribution in [0.1, 0.15) is 0 Å². The molecular weight excluding hydrogens is 396 g/mol. The number of hydrogen-bond donors (Lipinski definition) is 0. The fourth-order valence-electron chi connectivity index (χ4n) is 3.26. The van der Waals surface area contributed by atoms with Crippen molar-refractivity contribution in [1.29, 1.82) is 0 Å². The minimum Gasteiger partial charge on any atom is -0.497 e. The van der Waals surface area contributed by atoms with Crippen LogP contribution in [0.15, 0.2) is 52.9 Å². The van der Waals surface area contributed by atoms with E-state index in [1.807, 2.05) is 36.4 Å². The maximum atomic E-state index is 6.06. The van der Waals surface area contributed by atoms with Crippen molar-refractivity contribution in [2.75, 3.05) is 38.2 Å². The van der Waals surface area contributed by atoms with E-state index in [4.69, 9.17) is 33.0 Å². The van der Waals surface area contributed by atoms with Gasteiger partial charge in [0, 0.05) is 42.5 Å². The van der Waals surface area contributed by atoms with Gasteiger partial charge in [-0.1, -0.05) is 17.7 Å². The second-order valence-corrected chi connectivity index (χ2v) is 7.41. The summed E-state index contributed by atoms with van der Waals surface area (Å²) in [6.45, 7) is 4.34. The fraction of sp³-hybridized carbons (Fsp3) is 0.300. The third-order valence-corrected chi connectivity index (χ3v) is 5.35. The van der Waals surface area contributed by atoms with Crippen LogP contribution < -0.4 is 9.64 Å². The summed E-state index contributed by atoms with van der Waals surface area (Å²) in [4.78, 5) is 5.06. The lowest BCUT2D eigenvalue weighted by molar-refractivity contribution is 0.192. The van der Waals surface area contributed by atoms with Crippen molar-refractivity contribution < 1.29 is 9.15 Å². The molecule has 1 aromatic heterocycles. The Morgan fingerprint density at radius 1 is 1.11 bits per heavy atom. The lowest BCUT2D eigenvalue weighted by atomic mass is 10.2. The van der Waals surface area contributed by atoms with Gasteiger partial charge in [-0.15, -0.1) is 5.10 Å². The second-order valence-electron chi connectivity index (χ2n) is 6.63.